The molecule has 24 heavy (non-hydrogen) atoms. The van der Waals surface area contributed by atoms with Gasteiger partial charge < -0.3 is 34.0 Å². The van der Waals surface area contributed by atoms with Crippen LogP contribution >= 0.6 is 0 Å². The van der Waals surface area contributed by atoms with Crippen molar-refractivity contribution < 1.29 is 50.8 Å². The molecule has 0 atom stereocenters. The summed E-state index contributed by atoms with van der Waals surface area (Å²) in [5.74, 6) is -2.29. The molecule has 0 aromatic rings. The molecule has 0 aromatic heterocycles. The van der Waals surface area contributed by atoms with E-state index in [9.17, 15) is 19.8 Å². The molecule has 0 aromatic carbocycles. The van der Waals surface area contributed by atoms with E-state index in [2.05, 4.69) is 0 Å². The maximum absolute atomic E-state index is 10.7. The molecule has 10 heteroatoms. The van der Waals surface area contributed by atoms with Gasteiger partial charge in [-0.15, -0.1) is 0 Å². The number of carbonyl (C=O) groups excluding carboxylic acids is 2. The van der Waals surface area contributed by atoms with Gasteiger partial charge in [-0.2, -0.15) is 0 Å². The predicted molar refractivity (Wildman–Crippen MR) is 75.4 cm³/mol. The minimum absolute atomic E-state index is 0. The van der Waals surface area contributed by atoms with Gasteiger partial charge in [0.1, 0.15) is 0 Å². The minimum atomic E-state index is -1.15. The molecule has 1 radical (unpaired) electrons. The van der Waals surface area contributed by atoms with Crippen LogP contribution < -0.4 is 10.2 Å². The van der Waals surface area contributed by atoms with Crippen molar-refractivity contribution in [2.45, 2.75) is 0 Å². The summed E-state index contributed by atoms with van der Waals surface area (Å²) in [6.45, 7) is 3.74. The molecule has 1 aliphatic rings. The Morgan fingerprint density at radius 2 is 0.958 bits per heavy atom. The molecule has 1 fully saturated rings. The predicted octanol–water partition coefficient (Wildman–Crippen LogP) is -3.85. The molecule has 141 valence electrons. The fourth-order valence-electron chi connectivity index (χ4n) is 2.10. The van der Waals surface area contributed by atoms with Crippen molar-refractivity contribution in [3.05, 3.63) is 0 Å². The molecule has 0 aliphatic carbocycles. The second kappa shape index (κ2) is 14.6. The summed E-state index contributed by atoms with van der Waals surface area (Å²) < 4.78 is 16.2. The van der Waals surface area contributed by atoms with Crippen LogP contribution in [0.15, 0.2) is 0 Å². The second-order valence-corrected chi connectivity index (χ2v) is 5.13. The van der Waals surface area contributed by atoms with E-state index in [1.54, 1.807) is 9.80 Å². The molecule has 0 bridgehead atoms. The van der Waals surface area contributed by atoms with Crippen molar-refractivity contribution in [2.75, 3.05) is 78.9 Å². The summed E-state index contributed by atoms with van der Waals surface area (Å²) >= 11 is 0. The number of hydrogen-bond donors (Lipinski definition) is 0. The number of rotatable bonds is 4. The topological polar surface area (TPSA) is 114 Å². The Morgan fingerprint density at radius 1 is 0.667 bits per heavy atom. The van der Waals surface area contributed by atoms with E-state index in [1.165, 1.54) is 0 Å². The first-order valence-corrected chi connectivity index (χ1v) is 7.65. The first kappa shape index (κ1) is 23.2. The van der Waals surface area contributed by atoms with Gasteiger partial charge >= 0.3 is 16.8 Å². The van der Waals surface area contributed by atoms with Crippen LogP contribution in [0.3, 0.4) is 0 Å². The maximum atomic E-state index is 10.7. The first-order valence-electron chi connectivity index (χ1n) is 7.65. The average Bonchev–Trinajstić information content (AvgIpc) is 2.47. The Morgan fingerprint density at radius 3 is 1.25 bits per heavy atom. The van der Waals surface area contributed by atoms with E-state index in [4.69, 9.17) is 14.2 Å². The third kappa shape index (κ3) is 12.6. The molecule has 1 saturated heterocycles. The van der Waals surface area contributed by atoms with E-state index in [0.717, 1.165) is 0 Å². The quantitative estimate of drug-likeness (QED) is 0.475. The largest absolute Gasteiger partial charge is 2.00 e. The molecule has 0 spiro atoms. The van der Waals surface area contributed by atoms with Crippen molar-refractivity contribution in [3.63, 3.8) is 0 Å². The Hall–Kier alpha value is -0.754. The third-order valence-electron chi connectivity index (χ3n) is 3.28. The Balaban J connectivity index is 0.00000529. The van der Waals surface area contributed by atoms with Crippen LogP contribution in [-0.2, 0) is 40.6 Å². The van der Waals surface area contributed by atoms with Gasteiger partial charge in [0.25, 0.3) is 0 Å². The summed E-state index contributed by atoms with van der Waals surface area (Å²) in [6.07, 6.45) is 0. The molecule has 0 saturated carbocycles. The summed E-state index contributed by atoms with van der Waals surface area (Å²) in [7, 11) is 0. The normalized spacial score (nSPS) is 20.3. The molecule has 1 heterocycles. The summed E-state index contributed by atoms with van der Waals surface area (Å²) in [5.41, 5.74) is 0. The number of nitrogens with zero attached hydrogens (tertiary/aromatic N) is 2. The zero-order valence-corrected chi connectivity index (χ0v) is 14.6. The van der Waals surface area contributed by atoms with Crippen LogP contribution in [0.5, 0.6) is 0 Å². The van der Waals surface area contributed by atoms with E-state index < -0.39 is 11.9 Å². The Kier molecular flexibility index (Phi) is 14.1. The zero-order chi connectivity index (χ0) is 16.9. The summed E-state index contributed by atoms with van der Waals surface area (Å²) in [4.78, 5) is 24.8. The molecule has 1 rings (SSSR count). The van der Waals surface area contributed by atoms with Gasteiger partial charge in [0.2, 0.25) is 0 Å². The number of carboxylic acids is 2. The van der Waals surface area contributed by atoms with Crippen molar-refractivity contribution >= 4 is 11.9 Å². The molecule has 1 aliphatic heterocycles. The van der Waals surface area contributed by atoms with Gasteiger partial charge in [0, 0.05) is 39.3 Å². The van der Waals surface area contributed by atoms with E-state index >= 15 is 0 Å². The zero-order valence-electron chi connectivity index (χ0n) is 13.6. The van der Waals surface area contributed by atoms with Crippen molar-refractivity contribution in [1.82, 2.24) is 9.80 Å². The van der Waals surface area contributed by atoms with Crippen LogP contribution in [0.1, 0.15) is 0 Å². The standard InChI is InChI=1S/C14H26N2O7.Co/c17-13(18)11-15-1-5-21-6-2-16(12-14(19)20)4-8-23-10-9-22-7-3-15;/h1-12H2,(H,17,18)(H,19,20);/q;+2/p-2. The van der Waals surface area contributed by atoms with Gasteiger partial charge in [-0.05, 0) is 0 Å². The van der Waals surface area contributed by atoms with Crippen LogP contribution in [0.2, 0.25) is 0 Å². The molecule has 0 unspecified atom stereocenters. The third-order valence-corrected chi connectivity index (χ3v) is 3.28. The van der Waals surface area contributed by atoms with Crippen molar-refractivity contribution in [2.24, 2.45) is 0 Å². The van der Waals surface area contributed by atoms with Crippen LogP contribution in [0.25, 0.3) is 0 Å². The van der Waals surface area contributed by atoms with Gasteiger partial charge in [-0.1, -0.05) is 0 Å². The Labute approximate surface area is 152 Å². The molecule has 0 N–H and O–H groups in total. The average molecular weight is 391 g/mol. The second-order valence-electron chi connectivity index (χ2n) is 5.13. The number of aliphatic carboxylic acids is 2. The van der Waals surface area contributed by atoms with Crippen LogP contribution in [0, 0.1) is 0 Å². The molecular weight excluding hydrogens is 367 g/mol. The molecular formula is C14H24CoN2O7. The number of carboxylic acid groups (broad SMARTS) is 2. The number of hydrogen-bond acceptors (Lipinski definition) is 9. The van der Waals surface area contributed by atoms with E-state index in [0.29, 0.717) is 65.8 Å². The van der Waals surface area contributed by atoms with E-state index in [1.807, 2.05) is 0 Å². The van der Waals surface area contributed by atoms with E-state index in [-0.39, 0.29) is 29.9 Å². The van der Waals surface area contributed by atoms with Crippen LogP contribution in [0.4, 0.5) is 0 Å². The van der Waals surface area contributed by atoms with Gasteiger partial charge in [0.05, 0.1) is 51.6 Å². The fraction of sp³-hybridized carbons (Fsp3) is 0.857. The molecule has 9 nitrogen and oxygen atoms in total. The smallest absolute Gasteiger partial charge is 0.549 e. The minimum Gasteiger partial charge on any atom is -0.549 e. The fourth-order valence-corrected chi connectivity index (χ4v) is 2.10. The monoisotopic (exact) mass is 391 g/mol. The van der Waals surface area contributed by atoms with Crippen molar-refractivity contribution in [1.29, 1.82) is 0 Å². The SMILES string of the molecule is O=C([O-])CN1CCOCCOCCN(CC(=O)[O-])CCOCC1.[Co+2]. The molecule has 0 amide bonds. The maximum Gasteiger partial charge on any atom is 2.00 e. The van der Waals surface area contributed by atoms with Crippen molar-refractivity contribution in [3.8, 4) is 0 Å². The van der Waals surface area contributed by atoms with Gasteiger partial charge in [0.15, 0.2) is 0 Å². The summed E-state index contributed by atoms with van der Waals surface area (Å²) in [5, 5.41) is 21.4. The first-order chi connectivity index (χ1) is 11.1. The number of ether oxygens (including phenoxy) is 3. The van der Waals surface area contributed by atoms with Gasteiger partial charge in [-0.3, -0.25) is 9.80 Å². The van der Waals surface area contributed by atoms with Crippen LogP contribution in [-0.4, -0.2) is 101 Å². The number of carbonyl (C=O) groups is 2. The Bertz CT molecular complexity index is 328. The summed E-state index contributed by atoms with van der Waals surface area (Å²) in [6, 6.07) is 0. The van der Waals surface area contributed by atoms with Gasteiger partial charge in [-0.25, -0.2) is 0 Å².